The van der Waals surface area contributed by atoms with Crippen molar-refractivity contribution in [3.05, 3.63) is 65.5 Å². The molecule has 2 nitrogen and oxygen atoms in total. The highest BCUT2D eigenvalue weighted by molar-refractivity contribution is 5.77. The first kappa shape index (κ1) is 11.7. The highest BCUT2D eigenvalue weighted by Gasteiger charge is 2.04. The highest BCUT2D eigenvalue weighted by atomic mass is 16.1. The SMILES string of the molecule is Cc1ccc(-c2cc3ccc(C=O)cn3c2)cc1C. The summed E-state index contributed by atoms with van der Waals surface area (Å²) in [5, 5.41) is 0. The molecule has 3 aromatic rings. The highest BCUT2D eigenvalue weighted by Crippen LogP contribution is 2.25. The van der Waals surface area contributed by atoms with Crippen molar-refractivity contribution in [2.75, 3.05) is 0 Å². The third-order valence-electron chi connectivity index (χ3n) is 3.59. The monoisotopic (exact) mass is 249 g/mol. The predicted molar refractivity (Wildman–Crippen MR) is 77.7 cm³/mol. The van der Waals surface area contributed by atoms with Crippen LogP contribution < -0.4 is 0 Å². The van der Waals surface area contributed by atoms with Crippen molar-refractivity contribution in [1.29, 1.82) is 0 Å². The Morgan fingerprint density at radius 2 is 1.74 bits per heavy atom. The molecular formula is C17H15NO. The molecule has 0 fully saturated rings. The summed E-state index contributed by atoms with van der Waals surface area (Å²) in [5.41, 5.74) is 6.76. The topological polar surface area (TPSA) is 21.5 Å². The van der Waals surface area contributed by atoms with E-state index in [2.05, 4.69) is 44.3 Å². The van der Waals surface area contributed by atoms with Crippen LogP contribution in [0, 0.1) is 13.8 Å². The summed E-state index contributed by atoms with van der Waals surface area (Å²) in [6.45, 7) is 4.24. The van der Waals surface area contributed by atoms with Crippen molar-refractivity contribution in [3.8, 4) is 11.1 Å². The molecule has 0 unspecified atom stereocenters. The molecule has 0 bridgehead atoms. The zero-order valence-electron chi connectivity index (χ0n) is 11.1. The van der Waals surface area contributed by atoms with Gasteiger partial charge in [0.2, 0.25) is 0 Å². The molecule has 0 amide bonds. The lowest BCUT2D eigenvalue weighted by Gasteiger charge is -2.02. The second-order valence-corrected chi connectivity index (χ2v) is 4.94. The van der Waals surface area contributed by atoms with Crippen molar-refractivity contribution >= 4 is 11.8 Å². The molecule has 19 heavy (non-hydrogen) atoms. The molecule has 0 spiro atoms. The minimum atomic E-state index is 0.690. The second kappa shape index (κ2) is 4.39. The number of fused-ring (bicyclic) bond motifs is 1. The molecule has 0 saturated carbocycles. The smallest absolute Gasteiger partial charge is 0.151 e. The van der Waals surface area contributed by atoms with Gasteiger partial charge >= 0.3 is 0 Å². The number of carbonyl (C=O) groups excluding carboxylic acids is 1. The second-order valence-electron chi connectivity index (χ2n) is 4.94. The number of benzene rings is 1. The number of hydrogen-bond donors (Lipinski definition) is 0. The number of aryl methyl sites for hydroxylation is 2. The van der Waals surface area contributed by atoms with E-state index in [0.717, 1.165) is 11.8 Å². The van der Waals surface area contributed by atoms with Crippen LogP contribution in [0.4, 0.5) is 0 Å². The van der Waals surface area contributed by atoms with Gasteiger partial charge < -0.3 is 4.40 Å². The van der Waals surface area contributed by atoms with Gasteiger partial charge in [-0.05, 0) is 48.7 Å². The lowest BCUT2D eigenvalue weighted by molar-refractivity contribution is 0.112. The Hall–Kier alpha value is -2.35. The van der Waals surface area contributed by atoms with Crippen LogP contribution in [-0.2, 0) is 0 Å². The molecule has 0 saturated heterocycles. The van der Waals surface area contributed by atoms with Crippen LogP contribution in [-0.4, -0.2) is 10.7 Å². The standard InChI is InChI=1S/C17H15NO/c1-12-3-5-15(7-13(12)2)16-8-17-6-4-14(11-19)9-18(17)10-16/h3-11H,1-2H3. The van der Waals surface area contributed by atoms with E-state index in [1.165, 1.54) is 22.3 Å². The summed E-state index contributed by atoms with van der Waals surface area (Å²) in [6.07, 6.45) is 4.79. The third-order valence-corrected chi connectivity index (χ3v) is 3.59. The summed E-state index contributed by atoms with van der Waals surface area (Å²) in [7, 11) is 0. The van der Waals surface area contributed by atoms with Crippen molar-refractivity contribution in [2.45, 2.75) is 13.8 Å². The zero-order valence-corrected chi connectivity index (χ0v) is 11.1. The van der Waals surface area contributed by atoms with Gasteiger partial charge in [-0.3, -0.25) is 4.79 Å². The van der Waals surface area contributed by atoms with Crippen LogP contribution in [0.15, 0.2) is 48.8 Å². The average molecular weight is 249 g/mol. The number of carbonyl (C=O) groups is 1. The molecule has 2 aromatic heterocycles. The molecule has 0 aliphatic carbocycles. The summed E-state index contributed by atoms with van der Waals surface area (Å²) in [6, 6.07) is 12.4. The van der Waals surface area contributed by atoms with E-state index in [0.29, 0.717) is 5.56 Å². The Labute approximate surface area is 112 Å². The minimum Gasteiger partial charge on any atom is -0.323 e. The van der Waals surface area contributed by atoms with E-state index < -0.39 is 0 Å². The Balaban J connectivity index is 2.14. The van der Waals surface area contributed by atoms with E-state index in [1.807, 2.05) is 22.7 Å². The summed E-state index contributed by atoms with van der Waals surface area (Å²) in [5.74, 6) is 0. The van der Waals surface area contributed by atoms with Gasteiger partial charge in [-0.1, -0.05) is 18.2 Å². The Morgan fingerprint density at radius 3 is 2.47 bits per heavy atom. The number of nitrogens with zero attached hydrogens (tertiary/aromatic N) is 1. The number of hydrogen-bond acceptors (Lipinski definition) is 1. The summed E-state index contributed by atoms with van der Waals surface area (Å²) in [4.78, 5) is 10.8. The quantitative estimate of drug-likeness (QED) is 0.628. The molecule has 2 heterocycles. The fraction of sp³-hybridized carbons (Fsp3) is 0.118. The number of aromatic nitrogens is 1. The van der Waals surface area contributed by atoms with Gasteiger partial charge in [0.05, 0.1) is 0 Å². The van der Waals surface area contributed by atoms with E-state index >= 15 is 0 Å². The minimum absolute atomic E-state index is 0.690. The molecule has 0 N–H and O–H groups in total. The fourth-order valence-corrected chi connectivity index (χ4v) is 2.28. The average Bonchev–Trinajstić information content (AvgIpc) is 2.84. The van der Waals surface area contributed by atoms with Crippen LogP contribution in [0.1, 0.15) is 21.5 Å². The zero-order chi connectivity index (χ0) is 13.4. The molecule has 94 valence electrons. The van der Waals surface area contributed by atoms with E-state index in [9.17, 15) is 4.79 Å². The van der Waals surface area contributed by atoms with Gasteiger partial charge in [-0.15, -0.1) is 0 Å². The summed E-state index contributed by atoms with van der Waals surface area (Å²) < 4.78 is 1.99. The van der Waals surface area contributed by atoms with E-state index in [1.54, 1.807) is 0 Å². The Kier molecular flexibility index (Phi) is 2.71. The Bertz CT molecular complexity index is 768. The molecule has 2 heteroatoms. The lowest BCUT2D eigenvalue weighted by atomic mass is 10.0. The molecule has 0 atom stereocenters. The molecule has 1 aromatic carbocycles. The maximum absolute atomic E-state index is 10.8. The first-order valence-corrected chi connectivity index (χ1v) is 6.32. The normalized spacial score (nSPS) is 10.8. The van der Waals surface area contributed by atoms with Gasteiger partial charge in [0, 0.05) is 29.0 Å². The Morgan fingerprint density at radius 1 is 0.895 bits per heavy atom. The van der Waals surface area contributed by atoms with Gasteiger partial charge in [0.15, 0.2) is 6.29 Å². The molecule has 0 aliphatic rings. The first-order chi connectivity index (χ1) is 9.17. The van der Waals surface area contributed by atoms with Crippen LogP contribution in [0.3, 0.4) is 0 Å². The van der Waals surface area contributed by atoms with Crippen molar-refractivity contribution in [2.24, 2.45) is 0 Å². The fourth-order valence-electron chi connectivity index (χ4n) is 2.28. The molecular weight excluding hydrogens is 234 g/mol. The lowest BCUT2D eigenvalue weighted by Crippen LogP contribution is -1.85. The van der Waals surface area contributed by atoms with Gasteiger partial charge in [0.25, 0.3) is 0 Å². The number of aldehydes is 1. The molecule has 3 rings (SSSR count). The maximum Gasteiger partial charge on any atom is 0.151 e. The van der Waals surface area contributed by atoms with Crippen LogP contribution >= 0.6 is 0 Å². The van der Waals surface area contributed by atoms with Crippen LogP contribution in [0.5, 0.6) is 0 Å². The van der Waals surface area contributed by atoms with Gasteiger partial charge in [-0.25, -0.2) is 0 Å². The molecule has 0 aliphatic heterocycles. The van der Waals surface area contributed by atoms with Crippen molar-refractivity contribution in [1.82, 2.24) is 4.40 Å². The number of pyridine rings is 1. The van der Waals surface area contributed by atoms with E-state index in [-0.39, 0.29) is 0 Å². The van der Waals surface area contributed by atoms with Crippen molar-refractivity contribution < 1.29 is 4.79 Å². The molecule has 0 radical (unpaired) electrons. The number of rotatable bonds is 2. The summed E-state index contributed by atoms with van der Waals surface area (Å²) >= 11 is 0. The van der Waals surface area contributed by atoms with E-state index in [4.69, 9.17) is 0 Å². The maximum atomic E-state index is 10.8. The largest absolute Gasteiger partial charge is 0.323 e. The van der Waals surface area contributed by atoms with Crippen LogP contribution in [0.2, 0.25) is 0 Å². The third kappa shape index (κ3) is 2.06. The van der Waals surface area contributed by atoms with Crippen molar-refractivity contribution in [3.63, 3.8) is 0 Å². The first-order valence-electron chi connectivity index (χ1n) is 6.32. The predicted octanol–water partition coefficient (Wildman–Crippen LogP) is 4.04. The van der Waals surface area contributed by atoms with Gasteiger partial charge in [0.1, 0.15) is 0 Å². The van der Waals surface area contributed by atoms with Gasteiger partial charge in [-0.2, -0.15) is 0 Å². The van der Waals surface area contributed by atoms with Crippen LogP contribution in [0.25, 0.3) is 16.6 Å².